The van der Waals surface area contributed by atoms with Crippen molar-refractivity contribution in [3.63, 3.8) is 0 Å². The van der Waals surface area contributed by atoms with Gasteiger partial charge in [-0.3, -0.25) is 19.6 Å². The highest BCUT2D eigenvalue weighted by atomic mass is 16.3. The van der Waals surface area contributed by atoms with Gasteiger partial charge in [0.2, 0.25) is 0 Å². The SMILES string of the molecule is CC(O)CN(CCCCCCN(CC(C)O)CC(C)O)CC(C)O.OCCCN1CCNCC1.OCCN(CCO)CCCCCCN(CCO)CCO. The minimum atomic E-state index is -0.377. The van der Waals surface area contributed by atoms with Gasteiger partial charge in [0, 0.05) is 91.7 Å². The van der Waals surface area contributed by atoms with Crippen LogP contribution in [0.4, 0.5) is 0 Å². The van der Waals surface area contributed by atoms with Gasteiger partial charge in [0.05, 0.1) is 50.8 Å². The third-order valence-electron chi connectivity index (χ3n) is 8.99. The average molecular weight is 785 g/mol. The van der Waals surface area contributed by atoms with Gasteiger partial charge in [0.15, 0.2) is 0 Å². The average Bonchev–Trinajstić information content (AvgIpc) is 3.10. The molecule has 1 heterocycles. The zero-order valence-corrected chi connectivity index (χ0v) is 35.0. The number of nitrogens with one attached hydrogen (secondary N) is 1. The summed E-state index contributed by atoms with van der Waals surface area (Å²) in [7, 11) is 0. The Labute approximate surface area is 329 Å². The van der Waals surface area contributed by atoms with Crippen molar-refractivity contribution in [1.82, 2.24) is 29.8 Å². The molecular weight excluding hydrogens is 696 g/mol. The molecule has 4 atom stereocenters. The quantitative estimate of drug-likeness (QED) is 0.0365. The Bertz CT molecular complexity index is 661. The Morgan fingerprint density at radius 1 is 0.407 bits per heavy atom. The second-order valence-electron chi connectivity index (χ2n) is 15.0. The van der Waals surface area contributed by atoms with Crippen LogP contribution < -0.4 is 5.32 Å². The summed E-state index contributed by atoms with van der Waals surface area (Å²) in [6.45, 7) is 22.0. The second kappa shape index (κ2) is 40.6. The lowest BCUT2D eigenvalue weighted by Gasteiger charge is -2.26. The van der Waals surface area contributed by atoms with E-state index in [1.165, 1.54) is 0 Å². The molecule has 4 unspecified atom stereocenters. The van der Waals surface area contributed by atoms with Crippen molar-refractivity contribution in [3.8, 4) is 0 Å². The van der Waals surface area contributed by atoms with Crippen LogP contribution in [0.5, 0.6) is 0 Å². The number of nitrogens with zero attached hydrogens (tertiary/aromatic N) is 5. The molecule has 15 heteroatoms. The van der Waals surface area contributed by atoms with Crippen molar-refractivity contribution >= 4 is 0 Å². The number of rotatable bonds is 33. The summed E-state index contributed by atoms with van der Waals surface area (Å²) in [5, 5.41) is 85.5. The molecule has 10 N–H and O–H groups in total. The maximum atomic E-state index is 9.51. The second-order valence-corrected chi connectivity index (χ2v) is 15.0. The zero-order chi connectivity index (χ0) is 40.8. The van der Waals surface area contributed by atoms with E-state index in [0.717, 1.165) is 117 Å². The molecule has 328 valence electrons. The number of aliphatic hydroxyl groups excluding tert-OH is 9. The van der Waals surface area contributed by atoms with Crippen LogP contribution in [0.2, 0.25) is 0 Å². The van der Waals surface area contributed by atoms with Gasteiger partial charge < -0.3 is 56.2 Å². The molecule has 1 saturated heterocycles. The van der Waals surface area contributed by atoms with Crippen LogP contribution in [0.25, 0.3) is 0 Å². The molecule has 15 nitrogen and oxygen atoms in total. The monoisotopic (exact) mass is 785 g/mol. The Kier molecular flexibility index (Phi) is 41.7. The van der Waals surface area contributed by atoms with E-state index in [-0.39, 0.29) is 50.8 Å². The van der Waals surface area contributed by atoms with E-state index in [4.69, 9.17) is 25.5 Å². The molecule has 0 saturated carbocycles. The summed E-state index contributed by atoms with van der Waals surface area (Å²) in [4.78, 5) is 10.8. The maximum absolute atomic E-state index is 9.51. The minimum Gasteiger partial charge on any atom is -0.396 e. The van der Waals surface area contributed by atoms with Crippen LogP contribution in [0, 0.1) is 0 Å². The molecule has 1 rings (SSSR count). The lowest BCUT2D eigenvalue weighted by atomic mass is 10.1. The highest BCUT2D eigenvalue weighted by Gasteiger charge is 2.13. The van der Waals surface area contributed by atoms with E-state index < -0.39 is 0 Å². The van der Waals surface area contributed by atoms with Crippen LogP contribution in [-0.4, -0.2) is 239 Å². The number of hydrogen-bond acceptors (Lipinski definition) is 15. The van der Waals surface area contributed by atoms with Crippen LogP contribution in [-0.2, 0) is 0 Å². The molecule has 0 aliphatic carbocycles. The smallest absolute Gasteiger partial charge is 0.0639 e. The fraction of sp³-hybridized carbons (Fsp3) is 1.00. The summed E-state index contributed by atoms with van der Waals surface area (Å²) in [6, 6.07) is 0. The van der Waals surface area contributed by atoms with Gasteiger partial charge >= 0.3 is 0 Å². The Balaban J connectivity index is 0. The van der Waals surface area contributed by atoms with Gasteiger partial charge in [-0.25, -0.2) is 0 Å². The van der Waals surface area contributed by atoms with Gasteiger partial charge in [-0.15, -0.1) is 0 Å². The Morgan fingerprint density at radius 2 is 0.704 bits per heavy atom. The molecule has 0 bridgehead atoms. The van der Waals surface area contributed by atoms with E-state index in [2.05, 4.69) is 29.8 Å². The fourth-order valence-corrected chi connectivity index (χ4v) is 6.52. The molecule has 0 aromatic carbocycles. The van der Waals surface area contributed by atoms with Crippen LogP contribution in [0.15, 0.2) is 0 Å². The molecule has 1 aliphatic rings. The highest BCUT2D eigenvalue weighted by Crippen LogP contribution is 2.07. The first kappa shape index (κ1) is 55.5. The first-order valence-corrected chi connectivity index (χ1v) is 21.0. The van der Waals surface area contributed by atoms with E-state index in [0.29, 0.717) is 59.0 Å². The van der Waals surface area contributed by atoms with E-state index in [9.17, 15) is 20.4 Å². The number of piperazine rings is 1. The highest BCUT2D eigenvalue weighted by molar-refractivity contribution is 4.68. The Hall–Kier alpha value is -0.600. The number of unbranched alkanes of at least 4 members (excludes halogenated alkanes) is 6. The van der Waals surface area contributed by atoms with Crippen LogP contribution in [0.3, 0.4) is 0 Å². The molecule has 1 aliphatic heterocycles. The molecule has 0 spiro atoms. The van der Waals surface area contributed by atoms with Crippen molar-refractivity contribution in [2.24, 2.45) is 0 Å². The molecule has 0 aromatic heterocycles. The van der Waals surface area contributed by atoms with E-state index in [1.807, 2.05) is 0 Å². The first-order valence-electron chi connectivity index (χ1n) is 21.0. The normalized spacial score (nSPS) is 15.9. The standard InChI is InChI=1S/C18H40N2O4.C14H32N2O4.C7H16N2O/c1-15(21)11-19(12-16(2)22)9-7-5-6-8-10-20(13-17(3)23)14-18(4)24;17-11-7-15(8-12-18)5-3-1-2-4-6-16(9-13-19)10-14-20;10-7-1-4-9-5-2-8-3-6-9/h15-18,21-24H,5-14H2,1-4H3;17-20H,1-14H2;8,10H,1-7H2. The van der Waals surface area contributed by atoms with Gasteiger partial charge in [-0.05, 0) is 86.0 Å². The largest absolute Gasteiger partial charge is 0.396 e. The minimum absolute atomic E-state index is 0.136. The predicted octanol–water partition coefficient (Wildman–Crippen LogP) is -0.932. The molecular formula is C39H88N6O9. The van der Waals surface area contributed by atoms with Gasteiger partial charge in [0.1, 0.15) is 0 Å². The third-order valence-corrected chi connectivity index (χ3v) is 8.99. The third kappa shape index (κ3) is 39.6. The van der Waals surface area contributed by atoms with Crippen molar-refractivity contribution in [3.05, 3.63) is 0 Å². The Morgan fingerprint density at radius 3 is 0.963 bits per heavy atom. The fourth-order valence-electron chi connectivity index (χ4n) is 6.52. The van der Waals surface area contributed by atoms with Crippen molar-refractivity contribution in [1.29, 1.82) is 0 Å². The van der Waals surface area contributed by atoms with Crippen LogP contribution >= 0.6 is 0 Å². The summed E-state index contributed by atoms with van der Waals surface area (Å²) in [6.07, 6.45) is 8.10. The van der Waals surface area contributed by atoms with Gasteiger partial charge in [-0.1, -0.05) is 25.7 Å². The summed E-state index contributed by atoms with van der Waals surface area (Å²) < 4.78 is 0. The molecule has 0 amide bonds. The van der Waals surface area contributed by atoms with E-state index >= 15 is 0 Å². The molecule has 54 heavy (non-hydrogen) atoms. The van der Waals surface area contributed by atoms with Crippen molar-refractivity contribution < 1.29 is 46.0 Å². The lowest BCUT2D eigenvalue weighted by molar-refractivity contribution is 0.0797. The maximum Gasteiger partial charge on any atom is 0.0639 e. The van der Waals surface area contributed by atoms with Crippen molar-refractivity contribution in [2.45, 2.75) is 110 Å². The summed E-state index contributed by atoms with van der Waals surface area (Å²) >= 11 is 0. The topological polar surface area (TPSA) is 210 Å². The molecule has 0 aromatic rings. The van der Waals surface area contributed by atoms with Crippen molar-refractivity contribution in [2.75, 3.05) is 144 Å². The summed E-state index contributed by atoms with van der Waals surface area (Å²) in [5.41, 5.74) is 0. The zero-order valence-electron chi connectivity index (χ0n) is 35.0. The van der Waals surface area contributed by atoms with Gasteiger partial charge in [0.25, 0.3) is 0 Å². The van der Waals surface area contributed by atoms with E-state index in [1.54, 1.807) is 27.7 Å². The number of aliphatic hydroxyl groups is 9. The molecule has 0 radical (unpaired) electrons. The first-order chi connectivity index (χ1) is 25.9. The lowest BCUT2D eigenvalue weighted by Crippen LogP contribution is -2.43. The van der Waals surface area contributed by atoms with Gasteiger partial charge in [-0.2, -0.15) is 0 Å². The van der Waals surface area contributed by atoms with Crippen LogP contribution in [0.1, 0.15) is 85.5 Å². The number of hydrogen-bond donors (Lipinski definition) is 10. The molecule has 1 fully saturated rings. The predicted molar refractivity (Wildman–Crippen MR) is 219 cm³/mol. The summed E-state index contributed by atoms with van der Waals surface area (Å²) in [5.74, 6) is 0.